The summed E-state index contributed by atoms with van der Waals surface area (Å²) in [6.45, 7) is 1.62. The van der Waals surface area contributed by atoms with Crippen LogP contribution in [0.5, 0.6) is 0 Å². The number of rotatable bonds is 5. The molecule has 3 aromatic heterocycles. The maximum atomic E-state index is 13.6. The van der Waals surface area contributed by atoms with E-state index in [1.54, 1.807) is 42.1 Å². The minimum Gasteiger partial charge on any atom is -0.480 e. The molecule has 0 aliphatic rings. The van der Waals surface area contributed by atoms with Gasteiger partial charge in [0, 0.05) is 32.5 Å². The van der Waals surface area contributed by atoms with E-state index < -0.39 is 12.0 Å². The van der Waals surface area contributed by atoms with Crippen LogP contribution in [0.3, 0.4) is 0 Å². The Morgan fingerprint density at radius 2 is 1.84 bits per heavy atom. The van der Waals surface area contributed by atoms with E-state index in [1.165, 1.54) is 4.68 Å². The third-order valence-electron chi connectivity index (χ3n) is 6.31. The second kappa shape index (κ2) is 8.86. The number of aliphatic carboxylic acids is 1. The molecule has 3 heterocycles. The van der Waals surface area contributed by atoms with Gasteiger partial charge in [-0.2, -0.15) is 9.78 Å². The number of carboxylic acids is 1. The number of para-hydroxylation sites is 2. The van der Waals surface area contributed by atoms with E-state index in [4.69, 9.17) is 9.40 Å². The zero-order chi connectivity index (χ0) is 25.7. The molecule has 3 aromatic carbocycles. The van der Waals surface area contributed by atoms with Crippen molar-refractivity contribution in [1.82, 2.24) is 14.2 Å². The van der Waals surface area contributed by atoms with Crippen LogP contribution in [0.1, 0.15) is 18.5 Å². The highest BCUT2D eigenvalue weighted by atomic mass is 79.9. The van der Waals surface area contributed by atoms with Gasteiger partial charge < -0.3 is 14.1 Å². The Morgan fingerprint density at radius 1 is 1.08 bits per heavy atom. The topological polar surface area (TPSA) is 103 Å². The van der Waals surface area contributed by atoms with Crippen LogP contribution in [-0.2, 0) is 4.79 Å². The van der Waals surface area contributed by atoms with Gasteiger partial charge >= 0.3 is 5.97 Å². The van der Waals surface area contributed by atoms with E-state index in [2.05, 4.69) is 21.0 Å². The lowest BCUT2D eigenvalue weighted by Crippen LogP contribution is -2.20. The molecular formula is C28H19BrN4O4. The predicted octanol–water partition coefficient (Wildman–Crippen LogP) is 6.05. The first-order chi connectivity index (χ1) is 17.9. The fourth-order valence-electron chi connectivity index (χ4n) is 4.41. The molecule has 6 aromatic rings. The van der Waals surface area contributed by atoms with Gasteiger partial charge in [0.05, 0.1) is 17.1 Å². The number of fused-ring (bicyclic) bond motifs is 3. The average molecular weight is 555 g/mol. The van der Waals surface area contributed by atoms with Crippen molar-refractivity contribution in [3.63, 3.8) is 0 Å². The first kappa shape index (κ1) is 22.9. The summed E-state index contributed by atoms with van der Waals surface area (Å²) in [6.07, 6.45) is 3.28. The predicted molar refractivity (Wildman–Crippen MR) is 146 cm³/mol. The maximum Gasteiger partial charge on any atom is 0.326 e. The number of halogens is 1. The molecule has 37 heavy (non-hydrogen) atoms. The highest BCUT2D eigenvalue weighted by Crippen LogP contribution is 2.29. The summed E-state index contributed by atoms with van der Waals surface area (Å²) in [7, 11) is 0. The van der Waals surface area contributed by atoms with Gasteiger partial charge in [0.15, 0.2) is 5.76 Å². The fraction of sp³-hybridized carbons (Fsp3) is 0.0714. The third-order valence-corrected chi connectivity index (χ3v) is 6.80. The van der Waals surface area contributed by atoms with Gasteiger partial charge in [0.1, 0.15) is 11.6 Å². The smallest absolute Gasteiger partial charge is 0.326 e. The van der Waals surface area contributed by atoms with Crippen molar-refractivity contribution in [1.29, 1.82) is 0 Å². The second-order valence-electron chi connectivity index (χ2n) is 8.63. The lowest BCUT2D eigenvalue weighted by Gasteiger charge is -2.09. The summed E-state index contributed by atoms with van der Waals surface area (Å²) in [5.41, 5.74) is 2.26. The van der Waals surface area contributed by atoms with Crippen LogP contribution in [-0.4, -0.2) is 31.5 Å². The molecule has 0 fully saturated rings. The van der Waals surface area contributed by atoms with Crippen molar-refractivity contribution in [2.45, 2.75) is 13.0 Å². The van der Waals surface area contributed by atoms with Crippen LogP contribution in [0.2, 0.25) is 0 Å². The Labute approximate surface area is 218 Å². The zero-order valence-electron chi connectivity index (χ0n) is 19.5. The highest BCUT2D eigenvalue weighted by molar-refractivity contribution is 9.10. The van der Waals surface area contributed by atoms with Crippen LogP contribution in [0.4, 0.5) is 0 Å². The fourth-order valence-corrected chi connectivity index (χ4v) is 4.79. The Hall–Kier alpha value is -4.50. The van der Waals surface area contributed by atoms with Crippen LogP contribution in [0, 0.1) is 0 Å². The molecule has 0 saturated carbocycles. The van der Waals surface area contributed by atoms with E-state index in [0.29, 0.717) is 27.8 Å². The average Bonchev–Trinajstić information content (AvgIpc) is 3.49. The van der Waals surface area contributed by atoms with Crippen molar-refractivity contribution in [3.05, 3.63) is 99.4 Å². The number of hydrogen-bond donors (Lipinski definition) is 1. The van der Waals surface area contributed by atoms with Crippen molar-refractivity contribution in [3.8, 4) is 11.6 Å². The molecule has 0 spiro atoms. The molecule has 1 N–H and O–H groups in total. The maximum absolute atomic E-state index is 13.6. The van der Waals surface area contributed by atoms with E-state index in [1.807, 2.05) is 54.6 Å². The molecule has 6 rings (SSSR count). The van der Waals surface area contributed by atoms with Gasteiger partial charge in [0.2, 0.25) is 5.82 Å². The molecule has 0 amide bonds. The molecule has 9 heteroatoms. The highest BCUT2D eigenvalue weighted by Gasteiger charge is 2.19. The zero-order valence-corrected chi connectivity index (χ0v) is 21.1. The summed E-state index contributed by atoms with van der Waals surface area (Å²) in [6, 6.07) is 21.2. The van der Waals surface area contributed by atoms with Crippen LogP contribution < -0.4 is 5.56 Å². The molecule has 182 valence electrons. The van der Waals surface area contributed by atoms with Gasteiger partial charge in [-0.25, -0.2) is 9.78 Å². The van der Waals surface area contributed by atoms with Gasteiger partial charge in [-0.3, -0.25) is 4.79 Å². The molecule has 0 saturated heterocycles. The monoisotopic (exact) mass is 554 g/mol. The van der Waals surface area contributed by atoms with E-state index in [9.17, 15) is 14.7 Å². The molecule has 0 aliphatic carbocycles. The van der Waals surface area contributed by atoms with Gasteiger partial charge in [0.25, 0.3) is 5.56 Å². The standard InChI is InChI=1S/C28H19BrN4O4/c1-16(28(35)36)32-15-18(20-6-3-5-9-23(20)32)14-30-33-26(31-22-8-4-2-7-21(22)27(33)34)25-13-17-12-19(29)10-11-24(17)37-25/h2-16H,1H3,(H,35,36)/t16-/m1/s1. The number of furan rings is 1. The number of aromatic nitrogens is 3. The first-order valence-corrected chi connectivity index (χ1v) is 12.3. The normalized spacial score (nSPS) is 12.7. The molecule has 0 aliphatic heterocycles. The third kappa shape index (κ3) is 3.93. The molecule has 0 radical (unpaired) electrons. The number of carboxylic acid groups (broad SMARTS) is 1. The molecule has 0 bridgehead atoms. The second-order valence-corrected chi connectivity index (χ2v) is 9.55. The molecule has 1 atom stereocenters. The number of benzene rings is 3. The summed E-state index contributed by atoms with van der Waals surface area (Å²) < 4.78 is 9.86. The number of nitrogens with zero attached hydrogens (tertiary/aromatic N) is 4. The minimum absolute atomic E-state index is 0.259. The number of carbonyl (C=O) groups is 1. The summed E-state index contributed by atoms with van der Waals surface area (Å²) in [4.78, 5) is 29.9. The minimum atomic E-state index is -0.946. The first-order valence-electron chi connectivity index (χ1n) is 11.5. The van der Waals surface area contributed by atoms with Crippen molar-refractivity contribution in [2.75, 3.05) is 0 Å². The summed E-state index contributed by atoms with van der Waals surface area (Å²) >= 11 is 3.47. The molecular weight excluding hydrogens is 536 g/mol. The SMILES string of the molecule is C[C@H](C(=O)O)n1cc(C=Nn2c(-c3cc4cc(Br)ccc4o3)nc3ccccc3c2=O)c2ccccc21. The van der Waals surface area contributed by atoms with E-state index in [0.717, 1.165) is 20.8 Å². The van der Waals surface area contributed by atoms with Crippen molar-refractivity contribution in [2.24, 2.45) is 5.10 Å². The van der Waals surface area contributed by atoms with Crippen LogP contribution >= 0.6 is 15.9 Å². The largest absolute Gasteiger partial charge is 0.480 e. The Kier molecular flexibility index (Phi) is 5.49. The molecule has 0 unspecified atom stereocenters. The van der Waals surface area contributed by atoms with Crippen LogP contribution in [0.15, 0.2) is 97.8 Å². The Bertz CT molecular complexity index is 1930. The lowest BCUT2D eigenvalue weighted by atomic mass is 10.2. The van der Waals surface area contributed by atoms with Crippen LogP contribution in [0.25, 0.3) is 44.4 Å². The van der Waals surface area contributed by atoms with Gasteiger partial charge in [-0.05, 0) is 49.4 Å². The van der Waals surface area contributed by atoms with Gasteiger partial charge in [-0.1, -0.05) is 46.3 Å². The van der Waals surface area contributed by atoms with Crippen molar-refractivity contribution < 1.29 is 14.3 Å². The lowest BCUT2D eigenvalue weighted by molar-refractivity contribution is -0.140. The van der Waals surface area contributed by atoms with E-state index >= 15 is 0 Å². The summed E-state index contributed by atoms with van der Waals surface area (Å²) in [5.74, 6) is -0.289. The Morgan fingerprint density at radius 3 is 2.65 bits per heavy atom. The quantitative estimate of drug-likeness (QED) is 0.261. The number of hydrogen-bond acceptors (Lipinski definition) is 5. The van der Waals surface area contributed by atoms with E-state index in [-0.39, 0.29) is 11.4 Å². The summed E-state index contributed by atoms with van der Waals surface area (Å²) in [5, 5.41) is 16.2. The Balaban J connectivity index is 1.56. The van der Waals surface area contributed by atoms with Gasteiger partial charge in [-0.15, -0.1) is 0 Å². The molecule has 8 nitrogen and oxygen atoms in total. The van der Waals surface area contributed by atoms with Crippen molar-refractivity contribution >= 4 is 60.9 Å².